The molecule has 0 atom stereocenters. The standard InChI is InChI=1S/C13H15N3O4S/c1-7-5-4-6-10(13(14)17)11(7)16-21(18,19)12-8(2)15-20-9(12)3/h4-6,16H,1-3H3,(H2,14,17). The summed E-state index contributed by atoms with van der Waals surface area (Å²) in [6.45, 7) is 4.71. The summed E-state index contributed by atoms with van der Waals surface area (Å²) in [7, 11) is -3.92. The molecule has 0 saturated carbocycles. The first-order valence-corrected chi connectivity index (χ1v) is 7.57. The molecule has 0 unspecified atom stereocenters. The van der Waals surface area contributed by atoms with Crippen LogP contribution < -0.4 is 10.5 Å². The van der Waals surface area contributed by atoms with Gasteiger partial charge in [0.2, 0.25) is 0 Å². The molecule has 0 aliphatic carbocycles. The van der Waals surface area contributed by atoms with Crippen LogP contribution in [0.1, 0.15) is 27.4 Å². The van der Waals surface area contributed by atoms with Gasteiger partial charge in [-0.15, -0.1) is 0 Å². The first-order valence-electron chi connectivity index (χ1n) is 6.09. The maximum absolute atomic E-state index is 12.5. The Hall–Kier alpha value is -2.35. The number of nitrogens with one attached hydrogen (secondary N) is 1. The topological polar surface area (TPSA) is 115 Å². The van der Waals surface area contributed by atoms with Crippen LogP contribution >= 0.6 is 0 Å². The van der Waals surface area contributed by atoms with Gasteiger partial charge in [-0.3, -0.25) is 9.52 Å². The quantitative estimate of drug-likeness (QED) is 0.888. The third kappa shape index (κ3) is 2.75. The Bertz CT molecular complexity index is 789. The number of nitrogens with zero attached hydrogens (tertiary/aromatic N) is 1. The molecule has 0 spiro atoms. The van der Waals surface area contributed by atoms with Crippen molar-refractivity contribution in [2.24, 2.45) is 5.73 Å². The highest BCUT2D eigenvalue weighted by atomic mass is 32.2. The zero-order chi connectivity index (χ0) is 15.8. The Balaban J connectivity index is 2.55. The molecule has 7 nitrogen and oxygen atoms in total. The summed E-state index contributed by atoms with van der Waals surface area (Å²) in [5.41, 5.74) is 6.37. The van der Waals surface area contributed by atoms with Gasteiger partial charge in [-0.1, -0.05) is 17.3 Å². The molecule has 0 aliphatic heterocycles. The molecule has 112 valence electrons. The Labute approximate surface area is 122 Å². The van der Waals surface area contributed by atoms with Gasteiger partial charge in [-0.25, -0.2) is 8.42 Å². The lowest BCUT2D eigenvalue weighted by atomic mass is 10.1. The Kier molecular flexibility index (Phi) is 3.73. The number of carbonyl (C=O) groups is 1. The minimum Gasteiger partial charge on any atom is -0.366 e. The molecule has 1 heterocycles. The minimum absolute atomic E-state index is 0.0406. The second-order valence-corrected chi connectivity index (χ2v) is 6.24. The lowest BCUT2D eigenvalue weighted by molar-refractivity contribution is 0.100. The Morgan fingerprint density at radius 2 is 1.95 bits per heavy atom. The normalized spacial score (nSPS) is 11.4. The number of anilines is 1. The van der Waals surface area contributed by atoms with Crippen LogP contribution in [0, 0.1) is 20.8 Å². The molecule has 8 heteroatoms. The number of aromatic nitrogens is 1. The molecule has 1 aromatic heterocycles. The molecule has 0 radical (unpaired) electrons. The summed E-state index contributed by atoms with van der Waals surface area (Å²) < 4.78 is 32.2. The van der Waals surface area contributed by atoms with Crippen molar-refractivity contribution in [2.75, 3.05) is 4.72 Å². The largest absolute Gasteiger partial charge is 0.366 e. The molecule has 21 heavy (non-hydrogen) atoms. The van der Waals surface area contributed by atoms with Crippen LogP contribution in [0.2, 0.25) is 0 Å². The van der Waals surface area contributed by atoms with Crippen molar-refractivity contribution in [2.45, 2.75) is 25.7 Å². The number of aryl methyl sites for hydroxylation is 3. The van der Waals surface area contributed by atoms with Crippen molar-refractivity contribution in [3.05, 3.63) is 40.8 Å². The maximum atomic E-state index is 12.5. The molecule has 1 aromatic carbocycles. The van der Waals surface area contributed by atoms with Crippen LogP contribution in [-0.2, 0) is 10.0 Å². The lowest BCUT2D eigenvalue weighted by Crippen LogP contribution is -2.20. The zero-order valence-electron chi connectivity index (χ0n) is 11.8. The monoisotopic (exact) mass is 309 g/mol. The number of amides is 1. The third-order valence-electron chi connectivity index (χ3n) is 3.01. The van der Waals surface area contributed by atoms with E-state index in [9.17, 15) is 13.2 Å². The van der Waals surface area contributed by atoms with Gasteiger partial charge in [0.15, 0.2) is 10.7 Å². The SMILES string of the molecule is Cc1cccc(C(N)=O)c1NS(=O)(=O)c1c(C)noc1C. The summed E-state index contributed by atoms with van der Waals surface area (Å²) >= 11 is 0. The van der Waals surface area contributed by atoms with Gasteiger partial charge >= 0.3 is 0 Å². The van der Waals surface area contributed by atoms with Crippen molar-refractivity contribution in [3.63, 3.8) is 0 Å². The lowest BCUT2D eigenvalue weighted by Gasteiger charge is -2.13. The fraction of sp³-hybridized carbons (Fsp3) is 0.231. The van der Waals surface area contributed by atoms with E-state index in [0.29, 0.717) is 5.56 Å². The van der Waals surface area contributed by atoms with Gasteiger partial charge < -0.3 is 10.3 Å². The fourth-order valence-corrected chi connectivity index (χ4v) is 3.54. The number of carbonyl (C=O) groups excluding carboxylic acids is 1. The molecule has 3 N–H and O–H groups in total. The van der Waals surface area contributed by atoms with Crippen molar-refractivity contribution >= 4 is 21.6 Å². The van der Waals surface area contributed by atoms with Gasteiger partial charge in [0.05, 0.1) is 11.3 Å². The van der Waals surface area contributed by atoms with Gasteiger partial charge in [0.25, 0.3) is 15.9 Å². The molecule has 0 fully saturated rings. The maximum Gasteiger partial charge on any atom is 0.267 e. The van der Waals surface area contributed by atoms with Gasteiger partial charge in [0, 0.05) is 0 Å². The van der Waals surface area contributed by atoms with Crippen molar-refractivity contribution in [1.29, 1.82) is 0 Å². The molecule has 2 aromatic rings. The van der Waals surface area contributed by atoms with E-state index in [4.69, 9.17) is 10.3 Å². The smallest absolute Gasteiger partial charge is 0.267 e. The molecule has 0 bridgehead atoms. The highest BCUT2D eigenvalue weighted by Crippen LogP contribution is 2.26. The average molecular weight is 309 g/mol. The van der Waals surface area contributed by atoms with Crippen molar-refractivity contribution in [3.8, 4) is 0 Å². The van der Waals surface area contributed by atoms with E-state index < -0.39 is 15.9 Å². The first kappa shape index (κ1) is 15.0. The van der Waals surface area contributed by atoms with Crippen LogP contribution in [-0.4, -0.2) is 19.5 Å². The molecule has 0 saturated heterocycles. The van der Waals surface area contributed by atoms with Crippen molar-refractivity contribution < 1.29 is 17.7 Å². The van der Waals surface area contributed by atoms with Gasteiger partial charge in [-0.05, 0) is 32.4 Å². The van der Waals surface area contributed by atoms with Crippen molar-refractivity contribution in [1.82, 2.24) is 5.16 Å². The van der Waals surface area contributed by atoms with E-state index in [-0.39, 0.29) is 27.6 Å². The summed E-state index contributed by atoms with van der Waals surface area (Å²) in [4.78, 5) is 11.4. The second-order valence-electron chi connectivity index (χ2n) is 4.62. The number of rotatable bonds is 4. The third-order valence-corrected chi connectivity index (χ3v) is 4.60. The number of para-hydroxylation sites is 1. The van der Waals surface area contributed by atoms with E-state index >= 15 is 0 Å². The summed E-state index contributed by atoms with van der Waals surface area (Å²) in [5, 5.41) is 3.62. The van der Waals surface area contributed by atoms with Crippen LogP contribution in [0.5, 0.6) is 0 Å². The number of hydrogen-bond acceptors (Lipinski definition) is 5. The molecule has 1 amide bonds. The molecule has 0 aliphatic rings. The summed E-state index contributed by atoms with van der Waals surface area (Å²) in [5.74, 6) is -0.538. The van der Waals surface area contributed by atoms with Crippen LogP contribution in [0.25, 0.3) is 0 Å². The van der Waals surface area contributed by atoms with Gasteiger partial charge in [0.1, 0.15) is 5.69 Å². The van der Waals surface area contributed by atoms with Crippen LogP contribution in [0.15, 0.2) is 27.6 Å². The molecule has 2 rings (SSSR count). The predicted octanol–water partition coefficient (Wildman–Crippen LogP) is 1.50. The average Bonchev–Trinajstić information content (AvgIpc) is 2.71. The van der Waals surface area contributed by atoms with Crippen LogP contribution in [0.4, 0.5) is 5.69 Å². The highest BCUT2D eigenvalue weighted by Gasteiger charge is 2.26. The number of sulfonamides is 1. The number of primary amides is 1. The Morgan fingerprint density at radius 3 is 2.48 bits per heavy atom. The predicted molar refractivity (Wildman–Crippen MR) is 76.5 cm³/mol. The summed E-state index contributed by atoms with van der Waals surface area (Å²) in [6.07, 6.45) is 0. The highest BCUT2D eigenvalue weighted by molar-refractivity contribution is 7.92. The molecular weight excluding hydrogens is 294 g/mol. The van der Waals surface area contributed by atoms with Gasteiger partial charge in [-0.2, -0.15) is 0 Å². The van der Waals surface area contributed by atoms with E-state index in [2.05, 4.69) is 9.88 Å². The number of benzene rings is 1. The van der Waals surface area contributed by atoms with E-state index in [1.54, 1.807) is 19.1 Å². The fourth-order valence-electron chi connectivity index (χ4n) is 2.05. The first-order chi connectivity index (χ1) is 9.74. The minimum atomic E-state index is -3.92. The van der Waals surface area contributed by atoms with Crippen LogP contribution in [0.3, 0.4) is 0 Å². The Morgan fingerprint density at radius 1 is 1.29 bits per heavy atom. The summed E-state index contributed by atoms with van der Waals surface area (Å²) in [6, 6.07) is 4.77. The number of nitrogens with two attached hydrogens (primary N) is 1. The second kappa shape index (κ2) is 5.21. The van der Waals surface area contributed by atoms with E-state index in [1.807, 2.05) is 0 Å². The van der Waals surface area contributed by atoms with E-state index in [1.165, 1.54) is 19.9 Å². The van der Waals surface area contributed by atoms with E-state index in [0.717, 1.165) is 0 Å². The number of hydrogen-bond donors (Lipinski definition) is 2. The zero-order valence-corrected chi connectivity index (χ0v) is 12.6. The molecular formula is C13H15N3O4S.